The van der Waals surface area contributed by atoms with Gasteiger partial charge < -0.3 is 9.47 Å². The van der Waals surface area contributed by atoms with Crippen LogP contribution in [0.2, 0.25) is 0 Å². The zero-order valence-electron chi connectivity index (χ0n) is 10.1. The summed E-state index contributed by atoms with van der Waals surface area (Å²) in [5.74, 6) is -0.374. The van der Waals surface area contributed by atoms with E-state index in [1.54, 1.807) is 0 Å². The largest absolute Gasteiger partial charge is 0.432 e. The van der Waals surface area contributed by atoms with Crippen LogP contribution in [0.5, 0.6) is 0 Å². The first kappa shape index (κ1) is 12.3. The molecule has 0 aromatic heterocycles. The number of ether oxygens (including phenoxy) is 2. The van der Waals surface area contributed by atoms with E-state index in [1.165, 1.54) is 19.1 Å². The van der Waals surface area contributed by atoms with Crippen molar-refractivity contribution in [3.05, 3.63) is 12.2 Å². The normalized spacial score (nSPS) is 27.8. The zero-order chi connectivity index (χ0) is 12.3. The molecule has 17 heavy (non-hydrogen) atoms. The lowest BCUT2D eigenvalue weighted by Gasteiger charge is -2.35. The van der Waals surface area contributed by atoms with Crippen LogP contribution in [0.25, 0.3) is 0 Å². The fourth-order valence-electron chi connectivity index (χ4n) is 2.53. The Bertz CT molecular complexity index is 337. The second-order valence-corrected chi connectivity index (χ2v) is 4.73. The van der Waals surface area contributed by atoms with Crippen molar-refractivity contribution in [2.75, 3.05) is 0 Å². The summed E-state index contributed by atoms with van der Waals surface area (Å²) in [6, 6.07) is 0. The summed E-state index contributed by atoms with van der Waals surface area (Å²) in [5.41, 5.74) is -0.745. The predicted octanol–water partition coefficient (Wildman–Crippen LogP) is 2.12. The maximum Gasteiger partial charge on any atom is 0.305 e. The first-order valence-corrected chi connectivity index (χ1v) is 6.20. The molecule has 1 aliphatic carbocycles. The van der Waals surface area contributed by atoms with E-state index in [0.717, 1.165) is 38.5 Å². The first-order valence-electron chi connectivity index (χ1n) is 6.20. The van der Waals surface area contributed by atoms with Crippen LogP contribution in [0.1, 0.15) is 45.4 Å². The lowest BCUT2D eigenvalue weighted by Crippen LogP contribution is -2.46. The molecule has 0 amide bonds. The van der Waals surface area contributed by atoms with Crippen LogP contribution in [0.15, 0.2) is 12.2 Å². The molecule has 1 unspecified atom stereocenters. The highest BCUT2D eigenvalue weighted by Gasteiger charge is 2.42. The molecule has 1 aliphatic heterocycles. The van der Waals surface area contributed by atoms with Crippen LogP contribution >= 0.6 is 0 Å². The van der Waals surface area contributed by atoms with Crippen molar-refractivity contribution in [2.24, 2.45) is 0 Å². The van der Waals surface area contributed by atoms with Gasteiger partial charge in [0.1, 0.15) is 5.60 Å². The summed E-state index contributed by atoms with van der Waals surface area (Å²) in [4.78, 5) is 22.9. The average Bonchev–Trinajstić information content (AvgIpc) is 2.50. The second kappa shape index (κ2) is 5.00. The molecule has 0 saturated heterocycles. The van der Waals surface area contributed by atoms with E-state index in [4.69, 9.17) is 9.47 Å². The van der Waals surface area contributed by atoms with Gasteiger partial charge in [-0.25, -0.2) is 0 Å². The summed E-state index contributed by atoms with van der Waals surface area (Å²) in [6.45, 7) is 1.34. The molecule has 2 rings (SSSR count). The SMILES string of the molecule is CC(=O)OC1C=CC(=O)C2(CCCCCC2)O1. The summed E-state index contributed by atoms with van der Waals surface area (Å²) >= 11 is 0. The molecule has 0 aromatic carbocycles. The van der Waals surface area contributed by atoms with Crippen LogP contribution in [0.4, 0.5) is 0 Å². The fourth-order valence-corrected chi connectivity index (χ4v) is 2.53. The molecule has 94 valence electrons. The van der Waals surface area contributed by atoms with Crippen LogP contribution in [-0.2, 0) is 19.1 Å². The third-order valence-corrected chi connectivity index (χ3v) is 3.39. The summed E-state index contributed by atoms with van der Waals surface area (Å²) in [5, 5.41) is 0. The van der Waals surface area contributed by atoms with Gasteiger partial charge in [-0.2, -0.15) is 0 Å². The molecule has 0 bridgehead atoms. The molecule has 1 saturated carbocycles. The quantitative estimate of drug-likeness (QED) is 0.657. The Balaban J connectivity index is 2.13. The molecule has 1 spiro atoms. The lowest BCUT2D eigenvalue weighted by atomic mass is 9.87. The third kappa shape index (κ3) is 2.75. The molecule has 0 N–H and O–H groups in total. The summed E-state index contributed by atoms with van der Waals surface area (Å²) < 4.78 is 10.7. The van der Waals surface area contributed by atoms with E-state index in [9.17, 15) is 9.59 Å². The number of esters is 1. The molecular formula is C13H18O4. The molecule has 4 nitrogen and oxygen atoms in total. The average molecular weight is 238 g/mol. The molecule has 1 atom stereocenters. The highest BCUT2D eigenvalue weighted by atomic mass is 16.7. The van der Waals surface area contributed by atoms with Crippen LogP contribution < -0.4 is 0 Å². The van der Waals surface area contributed by atoms with E-state index in [2.05, 4.69) is 0 Å². The van der Waals surface area contributed by atoms with Crippen molar-refractivity contribution in [1.29, 1.82) is 0 Å². The van der Waals surface area contributed by atoms with E-state index >= 15 is 0 Å². The van der Waals surface area contributed by atoms with Gasteiger partial charge in [0.2, 0.25) is 6.29 Å². The molecule has 0 aromatic rings. The van der Waals surface area contributed by atoms with E-state index < -0.39 is 17.9 Å². The molecule has 2 aliphatic rings. The Hall–Kier alpha value is -1.16. The monoisotopic (exact) mass is 238 g/mol. The Labute approximate surface area is 101 Å². The first-order chi connectivity index (χ1) is 8.12. The van der Waals surface area contributed by atoms with Crippen LogP contribution in [-0.4, -0.2) is 23.6 Å². The molecule has 0 radical (unpaired) electrons. The van der Waals surface area contributed by atoms with Crippen molar-refractivity contribution in [1.82, 2.24) is 0 Å². The van der Waals surface area contributed by atoms with Gasteiger partial charge in [-0.1, -0.05) is 25.7 Å². The summed E-state index contributed by atoms with van der Waals surface area (Å²) in [6.07, 6.45) is 8.03. The summed E-state index contributed by atoms with van der Waals surface area (Å²) in [7, 11) is 0. The highest BCUT2D eigenvalue weighted by Crippen LogP contribution is 2.35. The number of carbonyl (C=O) groups excluding carboxylic acids is 2. The Morgan fingerprint density at radius 3 is 2.59 bits per heavy atom. The van der Waals surface area contributed by atoms with E-state index in [-0.39, 0.29) is 5.78 Å². The minimum atomic E-state index is -0.745. The van der Waals surface area contributed by atoms with E-state index in [0.29, 0.717) is 0 Å². The van der Waals surface area contributed by atoms with Gasteiger partial charge in [-0.3, -0.25) is 9.59 Å². The van der Waals surface area contributed by atoms with Crippen LogP contribution in [0, 0.1) is 0 Å². The number of carbonyl (C=O) groups is 2. The van der Waals surface area contributed by atoms with Crippen LogP contribution in [0.3, 0.4) is 0 Å². The van der Waals surface area contributed by atoms with Gasteiger partial charge in [0.15, 0.2) is 5.78 Å². The Kier molecular flexibility index (Phi) is 3.62. The maximum atomic E-state index is 12.0. The lowest BCUT2D eigenvalue weighted by molar-refractivity contribution is -0.202. The third-order valence-electron chi connectivity index (χ3n) is 3.39. The number of rotatable bonds is 1. The van der Waals surface area contributed by atoms with Crippen molar-refractivity contribution in [3.63, 3.8) is 0 Å². The Morgan fingerprint density at radius 1 is 1.35 bits per heavy atom. The smallest absolute Gasteiger partial charge is 0.305 e. The molecular weight excluding hydrogens is 220 g/mol. The van der Waals surface area contributed by atoms with Gasteiger partial charge in [-0.05, 0) is 25.0 Å². The second-order valence-electron chi connectivity index (χ2n) is 4.73. The molecule has 1 fully saturated rings. The van der Waals surface area contributed by atoms with Gasteiger partial charge >= 0.3 is 5.97 Å². The van der Waals surface area contributed by atoms with Crippen molar-refractivity contribution in [2.45, 2.75) is 57.3 Å². The zero-order valence-corrected chi connectivity index (χ0v) is 10.1. The predicted molar refractivity (Wildman–Crippen MR) is 61.2 cm³/mol. The topological polar surface area (TPSA) is 52.6 Å². The highest BCUT2D eigenvalue weighted by molar-refractivity contribution is 5.97. The minimum absolute atomic E-state index is 0.0165. The van der Waals surface area contributed by atoms with Crippen molar-refractivity contribution < 1.29 is 19.1 Å². The standard InChI is InChI=1S/C13H18O4/c1-10(14)16-12-7-6-11(15)13(17-12)8-4-2-3-5-9-13/h6-7,12H,2-5,8-9H2,1H3. The molecule has 1 heterocycles. The van der Waals surface area contributed by atoms with Gasteiger partial charge in [0.05, 0.1) is 0 Å². The maximum absolute atomic E-state index is 12.0. The van der Waals surface area contributed by atoms with Gasteiger partial charge in [0, 0.05) is 6.92 Å². The number of ketones is 1. The van der Waals surface area contributed by atoms with Crippen molar-refractivity contribution in [3.8, 4) is 0 Å². The van der Waals surface area contributed by atoms with Gasteiger partial charge in [0.25, 0.3) is 0 Å². The molecule has 4 heteroatoms. The number of hydrogen-bond acceptors (Lipinski definition) is 4. The van der Waals surface area contributed by atoms with E-state index in [1.807, 2.05) is 0 Å². The Morgan fingerprint density at radius 2 is 2.00 bits per heavy atom. The fraction of sp³-hybridized carbons (Fsp3) is 0.692. The van der Waals surface area contributed by atoms with Crippen molar-refractivity contribution >= 4 is 11.8 Å². The number of hydrogen-bond donors (Lipinski definition) is 0. The minimum Gasteiger partial charge on any atom is -0.432 e. The van der Waals surface area contributed by atoms with Gasteiger partial charge in [-0.15, -0.1) is 0 Å².